The molecule has 1 aliphatic heterocycles. The Bertz CT molecular complexity index is 580. The molecule has 1 aromatic carbocycles. The zero-order chi connectivity index (χ0) is 15.6. The molecule has 0 aromatic heterocycles. The molecule has 0 unspecified atom stereocenters. The number of benzene rings is 1. The lowest BCUT2D eigenvalue weighted by Gasteiger charge is -2.16. The third-order valence-corrected chi connectivity index (χ3v) is 3.13. The number of nitrogens with zero attached hydrogens (tertiary/aromatic N) is 1. The number of carboxylic acids is 1. The van der Waals surface area contributed by atoms with Crippen LogP contribution in [0.5, 0.6) is 5.75 Å². The van der Waals surface area contributed by atoms with Gasteiger partial charge in [0.25, 0.3) is 5.91 Å². The molecule has 3 amide bonds. The SMILES string of the molecule is CC1(C)NC(=O)N(CCOc2ccc(C(=O)O)cc2)C1=O. The zero-order valence-electron chi connectivity index (χ0n) is 11.8. The van der Waals surface area contributed by atoms with Gasteiger partial charge in [0, 0.05) is 0 Å². The van der Waals surface area contributed by atoms with Crippen molar-refractivity contribution in [1.82, 2.24) is 10.2 Å². The summed E-state index contributed by atoms with van der Waals surface area (Å²) in [7, 11) is 0. The van der Waals surface area contributed by atoms with E-state index in [1.165, 1.54) is 24.3 Å². The van der Waals surface area contributed by atoms with Gasteiger partial charge in [-0.1, -0.05) is 0 Å². The third-order valence-electron chi connectivity index (χ3n) is 3.13. The van der Waals surface area contributed by atoms with Gasteiger partial charge in [-0.2, -0.15) is 0 Å². The number of carbonyl (C=O) groups is 3. The smallest absolute Gasteiger partial charge is 0.335 e. The Kier molecular flexibility index (Phi) is 3.84. The van der Waals surface area contributed by atoms with Crippen molar-refractivity contribution in [1.29, 1.82) is 0 Å². The molecule has 112 valence electrons. The first-order valence-electron chi connectivity index (χ1n) is 6.41. The molecule has 0 atom stereocenters. The Morgan fingerprint density at radius 1 is 1.29 bits per heavy atom. The minimum atomic E-state index is -1.01. The van der Waals surface area contributed by atoms with Gasteiger partial charge < -0.3 is 15.2 Å². The number of urea groups is 1. The van der Waals surface area contributed by atoms with Crippen molar-refractivity contribution >= 4 is 17.9 Å². The largest absolute Gasteiger partial charge is 0.492 e. The number of rotatable bonds is 5. The topological polar surface area (TPSA) is 95.9 Å². The Morgan fingerprint density at radius 3 is 2.38 bits per heavy atom. The minimum Gasteiger partial charge on any atom is -0.492 e. The molecular formula is C14H16N2O5. The summed E-state index contributed by atoms with van der Waals surface area (Å²) in [5.41, 5.74) is -0.724. The summed E-state index contributed by atoms with van der Waals surface area (Å²) in [5.74, 6) is -0.827. The van der Waals surface area contributed by atoms with Crippen LogP contribution in [0.3, 0.4) is 0 Å². The van der Waals surface area contributed by atoms with Crippen molar-refractivity contribution in [2.45, 2.75) is 19.4 Å². The van der Waals surface area contributed by atoms with Crippen molar-refractivity contribution < 1.29 is 24.2 Å². The number of aromatic carboxylic acids is 1. The zero-order valence-corrected chi connectivity index (χ0v) is 11.8. The van der Waals surface area contributed by atoms with Crippen molar-refractivity contribution in [2.75, 3.05) is 13.2 Å². The summed E-state index contributed by atoms with van der Waals surface area (Å²) < 4.78 is 5.40. The normalized spacial score (nSPS) is 16.8. The first kappa shape index (κ1) is 14.8. The summed E-state index contributed by atoms with van der Waals surface area (Å²) >= 11 is 0. The lowest BCUT2D eigenvalue weighted by Crippen LogP contribution is -2.40. The van der Waals surface area contributed by atoms with E-state index in [1.807, 2.05) is 0 Å². The quantitative estimate of drug-likeness (QED) is 0.792. The van der Waals surface area contributed by atoms with Gasteiger partial charge in [-0.15, -0.1) is 0 Å². The summed E-state index contributed by atoms with van der Waals surface area (Å²) in [6.45, 7) is 3.55. The highest BCUT2D eigenvalue weighted by atomic mass is 16.5. The molecule has 0 saturated carbocycles. The molecule has 1 saturated heterocycles. The lowest BCUT2D eigenvalue weighted by molar-refractivity contribution is -0.130. The summed E-state index contributed by atoms with van der Waals surface area (Å²) in [6.07, 6.45) is 0. The highest BCUT2D eigenvalue weighted by Crippen LogP contribution is 2.17. The number of hydrogen-bond acceptors (Lipinski definition) is 4. The number of carboxylic acid groups (broad SMARTS) is 1. The summed E-state index contributed by atoms with van der Waals surface area (Å²) in [5, 5.41) is 11.4. The van der Waals surface area contributed by atoms with Gasteiger partial charge in [-0.3, -0.25) is 9.69 Å². The third kappa shape index (κ3) is 3.13. The second kappa shape index (κ2) is 5.43. The van der Waals surface area contributed by atoms with Gasteiger partial charge >= 0.3 is 12.0 Å². The molecule has 0 spiro atoms. The number of imide groups is 1. The average Bonchev–Trinajstić information content (AvgIpc) is 2.61. The van der Waals surface area contributed by atoms with Gasteiger partial charge in [0.15, 0.2) is 0 Å². The molecule has 0 bridgehead atoms. The van der Waals surface area contributed by atoms with Gasteiger partial charge in [0.1, 0.15) is 17.9 Å². The van der Waals surface area contributed by atoms with E-state index in [9.17, 15) is 14.4 Å². The van der Waals surface area contributed by atoms with E-state index >= 15 is 0 Å². The molecule has 0 aliphatic carbocycles. The number of hydrogen-bond donors (Lipinski definition) is 2. The van der Waals surface area contributed by atoms with E-state index in [-0.39, 0.29) is 24.6 Å². The highest BCUT2D eigenvalue weighted by molar-refractivity contribution is 6.06. The van der Waals surface area contributed by atoms with Crippen LogP contribution in [0.15, 0.2) is 24.3 Å². The highest BCUT2D eigenvalue weighted by Gasteiger charge is 2.43. The Morgan fingerprint density at radius 2 is 1.90 bits per heavy atom. The van der Waals surface area contributed by atoms with Crippen molar-refractivity contribution in [2.24, 2.45) is 0 Å². The maximum Gasteiger partial charge on any atom is 0.335 e. The van der Waals surface area contributed by atoms with E-state index in [0.29, 0.717) is 5.75 Å². The molecule has 1 fully saturated rings. The van der Waals surface area contributed by atoms with E-state index < -0.39 is 17.5 Å². The maximum absolute atomic E-state index is 11.9. The van der Waals surface area contributed by atoms with E-state index in [1.54, 1.807) is 13.8 Å². The molecule has 2 rings (SSSR count). The van der Waals surface area contributed by atoms with Gasteiger partial charge in [-0.25, -0.2) is 9.59 Å². The van der Waals surface area contributed by atoms with Crippen LogP contribution in [0.4, 0.5) is 4.79 Å². The lowest BCUT2D eigenvalue weighted by atomic mass is 10.1. The predicted octanol–water partition coefficient (Wildman–Crippen LogP) is 1.09. The summed E-state index contributed by atoms with van der Waals surface area (Å²) in [4.78, 5) is 35.4. The molecular weight excluding hydrogens is 276 g/mol. The van der Waals surface area contributed by atoms with Crippen molar-refractivity contribution in [3.05, 3.63) is 29.8 Å². The van der Waals surface area contributed by atoms with Gasteiger partial charge in [0.05, 0.1) is 12.1 Å². The van der Waals surface area contributed by atoms with Crippen molar-refractivity contribution in [3.8, 4) is 5.75 Å². The van der Waals surface area contributed by atoms with Crippen LogP contribution in [0.1, 0.15) is 24.2 Å². The molecule has 7 heteroatoms. The standard InChI is InChI=1S/C14H16N2O5/c1-14(2)12(19)16(13(20)15-14)7-8-21-10-5-3-9(4-6-10)11(17)18/h3-6H,7-8H2,1-2H3,(H,15,20)(H,17,18). The fourth-order valence-electron chi connectivity index (χ4n) is 1.97. The summed E-state index contributed by atoms with van der Waals surface area (Å²) in [6, 6.07) is 5.47. The molecule has 2 N–H and O–H groups in total. The molecule has 7 nitrogen and oxygen atoms in total. The van der Waals surface area contributed by atoms with Crippen LogP contribution >= 0.6 is 0 Å². The van der Waals surface area contributed by atoms with Crippen LogP contribution in [-0.2, 0) is 4.79 Å². The van der Waals surface area contributed by atoms with Crippen LogP contribution in [0.25, 0.3) is 0 Å². The van der Waals surface area contributed by atoms with E-state index in [2.05, 4.69) is 5.32 Å². The number of nitrogens with one attached hydrogen (secondary N) is 1. The fraction of sp³-hybridized carbons (Fsp3) is 0.357. The van der Waals surface area contributed by atoms with E-state index in [4.69, 9.17) is 9.84 Å². The minimum absolute atomic E-state index is 0.134. The average molecular weight is 292 g/mol. The van der Waals surface area contributed by atoms with Crippen LogP contribution in [0, 0.1) is 0 Å². The second-order valence-corrected chi connectivity index (χ2v) is 5.19. The van der Waals surface area contributed by atoms with Crippen LogP contribution < -0.4 is 10.1 Å². The van der Waals surface area contributed by atoms with Crippen molar-refractivity contribution in [3.63, 3.8) is 0 Å². The van der Waals surface area contributed by atoms with Crippen LogP contribution in [-0.4, -0.2) is 46.6 Å². The van der Waals surface area contributed by atoms with E-state index in [0.717, 1.165) is 4.90 Å². The molecule has 1 aromatic rings. The van der Waals surface area contributed by atoms with Gasteiger partial charge in [0.2, 0.25) is 0 Å². The number of carbonyl (C=O) groups excluding carboxylic acids is 2. The monoisotopic (exact) mass is 292 g/mol. The molecule has 21 heavy (non-hydrogen) atoms. The predicted molar refractivity (Wildman–Crippen MR) is 73.2 cm³/mol. The Balaban J connectivity index is 1.88. The second-order valence-electron chi connectivity index (χ2n) is 5.19. The first-order valence-corrected chi connectivity index (χ1v) is 6.41. The number of amides is 3. The Labute approximate surface area is 121 Å². The molecule has 1 aliphatic rings. The first-order chi connectivity index (χ1) is 9.81. The molecule has 0 radical (unpaired) electrons. The Hall–Kier alpha value is -2.57. The maximum atomic E-state index is 11.9. The number of ether oxygens (including phenoxy) is 1. The van der Waals surface area contributed by atoms with Crippen LogP contribution in [0.2, 0.25) is 0 Å². The molecule has 1 heterocycles. The van der Waals surface area contributed by atoms with Gasteiger partial charge in [-0.05, 0) is 38.1 Å². The fourth-order valence-corrected chi connectivity index (χ4v) is 1.97.